The Kier molecular flexibility index (Phi) is 4.41. The second-order valence-corrected chi connectivity index (χ2v) is 3.64. The molecule has 1 heteroatoms. The van der Waals surface area contributed by atoms with E-state index in [-0.39, 0.29) is 0 Å². The fourth-order valence-electron chi connectivity index (χ4n) is 1.18. The molecule has 0 amide bonds. The molecular weight excluding hydrogens is 172 g/mol. The van der Waals surface area contributed by atoms with Crippen molar-refractivity contribution >= 4 is 5.57 Å². The second-order valence-electron chi connectivity index (χ2n) is 3.64. The molecule has 0 aliphatic carbocycles. The van der Waals surface area contributed by atoms with Gasteiger partial charge in [0.25, 0.3) is 0 Å². The number of rotatable bonds is 4. The molecule has 1 nitrogen and oxygen atoms in total. The van der Waals surface area contributed by atoms with Crippen molar-refractivity contribution < 1.29 is 4.74 Å². The lowest BCUT2D eigenvalue weighted by Gasteiger charge is -2.05. The van der Waals surface area contributed by atoms with Crippen molar-refractivity contribution in [3.63, 3.8) is 0 Å². The van der Waals surface area contributed by atoms with Crippen LogP contribution in [0.5, 0.6) is 0 Å². The second kappa shape index (κ2) is 5.61. The SMILES string of the molecule is C/C(=C\COC(C)C)c1ccccc1. The zero-order chi connectivity index (χ0) is 10.4. The predicted octanol–water partition coefficient (Wildman–Crippen LogP) is 3.51. The molecule has 0 fully saturated rings. The average Bonchev–Trinajstić information content (AvgIpc) is 2.18. The molecule has 0 atom stereocenters. The van der Waals surface area contributed by atoms with E-state index < -0.39 is 0 Å². The average molecular weight is 190 g/mol. The van der Waals surface area contributed by atoms with Gasteiger partial charge in [-0.1, -0.05) is 36.4 Å². The van der Waals surface area contributed by atoms with E-state index in [0.717, 1.165) is 0 Å². The van der Waals surface area contributed by atoms with Gasteiger partial charge in [0.1, 0.15) is 0 Å². The van der Waals surface area contributed by atoms with Crippen LogP contribution in [-0.2, 0) is 4.74 Å². The fourth-order valence-corrected chi connectivity index (χ4v) is 1.18. The van der Waals surface area contributed by atoms with Gasteiger partial charge in [0.05, 0.1) is 12.7 Å². The third-order valence-electron chi connectivity index (χ3n) is 2.05. The largest absolute Gasteiger partial charge is 0.375 e. The Bertz CT molecular complexity index is 285. The third kappa shape index (κ3) is 3.75. The number of hydrogen-bond donors (Lipinski definition) is 0. The molecule has 0 saturated carbocycles. The summed E-state index contributed by atoms with van der Waals surface area (Å²) >= 11 is 0. The summed E-state index contributed by atoms with van der Waals surface area (Å²) in [6.45, 7) is 6.90. The zero-order valence-corrected chi connectivity index (χ0v) is 9.16. The highest BCUT2D eigenvalue weighted by molar-refractivity contribution is 5.63. The Morgan fingerprint density at radius 2 is 1.93 bits per heavy atom. The quantitative estimate of drug-likeness (QED) is 0.706. The first-order chi connectivity index (χ1) is 6.70. The maximum absolute atomic E-state index is 5.46. The lowest BCUT2D eigenvalue weighted by molar-refractivity contribution is 0.103. The molecule has 76 valence electrons. The first-order valence-corrected chi connectivity index (χ1v) is 5.04. The maximum atomic E-state index is 5.46. The number of benzene rings is 1. The van der Waals surface area contributed by atoms with Crippen LogP contribution in [0.25, 0.3) is 5.57 Å². The highest BCUT2D eigenvalue weighted by Gasteiger charge is 1.94. The lowest BCUT2D eigenvalue weighted by Crippen LogP contribution is -2.01. The van der Waals surface area contributed by atoms with Crippen LogP contribution >= 0.6 is 0 Å². The van der Waals surface area contributed by atoms with Gasteiger partial charge in [-0.3, -0.25) is 0 Å². The van der Waals surface area contributed by atoms with Crippen molar-refractivity contribution in [2.24, 2.45) is 0 Å². The van der Waals surface area contributed by atoms with E-state index in [9.17, 15) is 0 Å². The molecule has 1 aromatic carbocycles. The van der Waals surface area contributed by atoms with Gasteiger partial charge in [0, 0.05) is 0 Å². The molecule has 0 radical (unpaired) electrons. The van der Waals surface area contributed by atoms with Gasteiger partial charge < -0.3 is 4.74 Å². The van der Waals surface area contributed by atoms with E-state index in [0.29, 0.717) is 12.7 Å². The summed E-state index contributed by atoms with van der Waals surface area (Å²) in [6.07, 6.45) is 2.42. The van der Waals surface area contributed by atoms with Gasteiger partial charge in [0.2, 0.25) is 0 Å². The molecule has 0 N–H and O–H groups in total. The summed E-state index contributed by atoms with van der Waals surface area (Å²) in [5.74, 6) is 0. The van der Waals surface area contributed by atoms with Crippen LogP contribution in [0.2, 0.25) is 0 Å². The van der Waals surface area contributed by atoms with E-state index in [1.165, 1.54) is 11.1 Å². The Morgan fingerprint density at radius 1 is 1.29 bits per heavy atom. The van der Waals surface area contributed by atoms with Gasteiger partial charge in [-0.05, 0) is 31.9 Å². The van der Waals surface area contributed by atoms with Gasteiger partial charge in [-0.2, -0.15) is 0 Å². The first-order valence-electron chi connectivity index (χ1n) is 5.04. The molecule has 14 heavy (non-hydrogen) atoms. The Hall–Kier alpha value is -1.08. The summed E-state index contributed by atoms with van der Waals surface area (Å²) in [7, 11) is 0. The Balaban J connectivity index is 2.53. The Labute approximate surface area is 86.4 Å². The number of allylic oxidation sites excluding steroid dienone is 1. The van der Waals surface area contributed by atoms with Crippen LogP contribution in [0.3, 0.4) is 0 Å². The highest BCUT2D eigenvalue weighted by atomic mass is 16.5. The minimum atomic E-state index is 0.301. The topological polar surface area (TPSA) is 9.23 Å². The summed E-state index contributed by atoms with van der Waals surface area (Å²) in [5, 5.41) is 0. The molecule has 0 saturated heterocycles. The smallest absolute Gasteiger partial charge is 0.0656 e. The first kappa shape index (κ1) is 11.0. The lowest BCUT2D eigenvalue weighted by atomic mass is 10.1. The Morgan fingerprint density at radius 3 is 2.50 bits per heavy atom. The molecule has 0 unspecified atom stereocenters. The van der Waals surface area contributed by atoms with Crippen molar-refractivity contribution in [2.45, 2.75) is 26.9 Å². The number of hydrogen-bond acceptors (Lipinski definition) is 1. The minimum absolute atomic E-state index is 0.301. The standard InChI is InChI=1S/C13H18O/c1-11(2)14-10-9-12(3)13-7-5-4-6-8-13/h4-9,11H,10H2,1-3H3/b12-9+. The molecule has 0 aliphatic heterocycles. The van der Waals surface area contributed by atoms with Crippen LogP contribution in [0, 0.1) is 0 Å². The summed E-state index contributed by atoms with van der Waals surface area (Å²) < 4.78 is 5.46. The number of ether oxygens (including phenoxy) is 1. The van der Waals surface area contributed by atoms with Crippen molar-refractivity contribution in [3.8, 4) is 0 Å². The van der Waals surface area contributed by atoms with Gasteiger partial charge >= 0.3 is 0 Å². The predicted molar refractivity (Wildman–Crippen MR) is 61.2 cm³/mol. The molecule has 0 spiro atoms. The maximum Gasteiger partial charge on any atom is 0.0656 e. The monoisotopic (exact) mass is 190 g/mol. The van der Waals surface area contributed by atoms with Gasteiger partial charge in [0.15, 0.2) is 0 Å². The summed E-state index contributed by atoms with van der Waals surface area (Å²) in [6, 6.07) is 10.4. The molecule has 0 bridgehead atoms. The summed E-state index contributed by atoms with van der Waals surface area (Å²) in [5.41, 5.74) is 2.53. The van der Waals surface area contributed by atoms with E-state index in [1.807, 2.05) is 19.9 Å². The highest BCUT2D eigenvalue weighted by Crippen LogP contribution is 2.12. The van der Waals surface area contributed by atoms with Crippen LogP contribution in [0.15, 0.2) is 36.4 Å². The molecule has 1 rings (SSSR count). The molecule has 0 heterocycles. The zero-order valence-electron chi connectivity index (χ0n) is 9.16. The molecule has 1 aromatic rings. The normalized spacial score (nSPS) is 12.1. The van der Waals surface area contributed by atoms with E-state index in [2.05, 4.69) is 37.3 Å². The third-order valence-corrected chi connectivity index (χ3v) is 2.05. The van der Waals surface area contributed by atoms with Crippen LogP contribution in [0.4, 0.5) is 0 Å². The minimum Gasteiger partial charge on any atom is -0.375 e. The molecular formula is C13H18O. The van der Waals surface area contributed by atoms with Gasteiger partial charge in [-0.15, -0.1) is 0 Å². The van der Waals surface area contributed by atoms with Crippen LogP contribution in [0.1, 0.15) is 26.3 Å². The molecule has 0 aromatic heterocycles. The van der Waals surface area contributed by atoms with Crippen molar-refractivity contribution in [1.29, 1.82) is 0 Å². The van der Waals surface area contributed by atoms with E-state index in [4.69, 9.17) is 4.74 Å². The fraction of sp³-hybridized carbons (Fsp3) is 0.385. The van der Waals surface area contributed by atoms with E-state index >= 15 is 0 Å². The van der Waals surface area contributed by atoms with Crippen LogP contribution in [-0.4, -0.2) is 12.7 Å². The van der Waals surface area contributed by atoms with Crippen molar-refractivity contribution in [3.05, 3.63) is 42.0 Å². The summed E-state index contributed by atoms with van der Waals surface area (Å²) in [4.78, 5) is 0. The van der Waals surface area contributed by atoms with E-state index in [1.54, 1.807) is 0 Å². The van der Waals surface area contributed by atoms with Gasteiger partial charge in [-0.25, -0.2) is 0 Å². The van der Waals surface area contributed by atoms with Crippen LogP contribution < -0.4 is 0 Å². The van der Waals surface area contributed by atoms with Crippen molar-refractivity contribution in [1.82, 2.24) is 0 Å². The van der Waals surface area contributed by atoms with Crippen molar-refractivity contribution in [2.75, 3.05) is 6.61 Å². The molecule has 0 aliphatic rings.